The Hall–Kier alpha value is -3.15. The minimum atomic E-state index is -1.00. The summed E-state index contributed by atoms with van der Waals surface area (Å²) in [4.78, 5) is 12.3. The van der Waals surface area contributed by atoms with Gasteiger partial charge in [-0.05, 0) is 18.1 Å². The predicted molar refractivity (Wildman–Crippen MR) is 74.6 cm³/mol. The zero-order chi connectivity index (χ0) is 18.6. The number of phenols is 4. The standard InChI is InChI=1S/C15H10O6/c16-8-4-11(19)15-12(20)6-13(21-14(15)5-8)7-1-2-9(17)10(18)3-7/h1-6,16-19H/i1D,2D,3D,6D. The Balaban J connectivity index is 2.51. The van der Waals surface area contributed by atoms with Gasteiger partial charge in [-0.3, -0.25) is 4.79 Å². The molecule has 0 radical (unpaired) electrons. The van der Waals surface area contributed by atoms with Crippen LogP contribution in [0.1, 0.15) is 5.48 Å². The van der Waals surface area contributed by atoms with Crippen LogP contribution in [0.2, 0.25) is 0 Å². The van der Waals surface area contributed by atoms with Gasteiger partial charge < -0.3 is 24.8 Å². The van der Waals surface area contributed by atoms with Gasteiger partial charge >= 0.3 is 0 Å². The van der Waals surface area contributed by atoms with Crippen molar-refractivity contribution in [3.63, 3.8) is 0 Å². The molecule has 3 aromatic rings. The van der Waals surface area contributed by atoms with Crippen LogP contribution in [-0.2, 0) is 0 Å². The number of benzene rings is 2. The Labute approximate surface area is 123 Å². The second-order valence-corrected chi connectivity index (χ2v) is 4.17. The molecule has 6 nitrogen and oxygen atoms in total. The molecule has 6 heteroatoms. The SMILES string of the molecule is [2H]c1c([2H])c(-c2oc3cc(O)cc(O)c3c(=O)c2[2H])c([2H])c(O)c1O. The molecule has 4 N–H and O–H groups in total. The lowest BCUT2D eigenvalue weighted by molar-refractivity contribution is 0.404. The molecule has 1 heterocycles. The number of rotatable bonds is 1. The lowest BCUT2D eigenvalue weighted by atomic mass is 10.1. The minimum Gasteiger partial charge on any atom is -0.508 e. The van der Waals surface area contributed by atoms with E-state index in [0.717, 1.165) is 12.1 Å². The van der Waals surface area contributed by atoms with Crippen LogP contribution in [0.3, 0.4) is 0 Å². The summed E-state index contributed by atoms with van der Waals surface area (Å²) in [5.74, 6) is -3.64. The fourth-order valence-corrected chi connectivity index (χ4v) is 1.81. The van der Waals surface area contributed by atoms with Crippen molar-refractivity contribution < 1.29 is 30.3 Å². The fourth-order valence-electron chi connectivity index (χ4n) is 1.81. The lowest BCUT2D eigenvalue weighted by Gasteiger charge is -2.06. The average molecular weight is 290 g/mol. The molecule has 0 saturated carbocycles. The van der Waals surface area contributed by atoms with Crippen molar-refractivity contribution in [2.24, 2.45) is 0 Å². The quantitative estimate of drug-likeness (QED) is 0.512. The third-order valence-electron chi connectivity index (χ3n) is 2.73. The molecule has 0 atom stereocenters. The van der Waals surface area contributed by atoms with Gasteiger partial charge in [-0.15, -0.1) is 0 Å². The van der Waals surface area contributed by atoms with Gasteiger partial charge in [-0.2, -0.15) is 0 Å². The van der Waals surface area contributed by atoms with E-state index in [-0.39, 0.29) is 11.0 Å². The Bertz CT molecular complexity index is 1080. The Morgan fingerprint density at radius 2 is 1.71 bits per heavy atom. The molecular formula is C15H10O6. The van der Waals surface area contributed by atoms with Crippen LogP contribution in [0.4, 0.5) is 0 Å². The highest BCUT2D eigenvalue weighted by Crippen LogP contribution is 2.33. The molecule has 0 saturated heterocycles. The van der Waals surface area contributed by atoms with Crippen molar-refractivity contribution >= 4 is 11.0 Å². The van der Waals surface area contributed by atoms with E-state index in [4.69, 9.17) is 9.90 Å². The number of aromatic hydroxyl groups is 4. The van der Waals surface area contributed by atoms with Gasteiger partial charge in [-0.25, -0.2) is 0 Å². The van der Waals surface area contributed by atoms with E-state index in [1.165, 1.54) is 0 Å². The van der Waals surface area contributed by atoms with Crippen LogP contribution in [0, 0.1) is 0 Å². The molecule has 0 spiro atoms. The van der Waals surface area contributed by atoms with Crippen LogP contribution in [0.15, 0.2) is 45.5 Å². The van der Waals surface area contributed by atoms with E-state index in [2.05, 4.69) is 0 Å². The van der Waals surface area contributed by atoms with Crippen molar-refractivity contribution in [3.05, 3.63) is 46.5 Å². The maximum absolute atomic E-state index is 12.3. The fraction of sp³-hybridized carbons (Fsp3) is 0. The summed E-state index contributed by atoms with van der Waals surface area (Å²) in [6, 6.07) is -1.29. The van der Waals surface area contributed by atoms with Gasteiger partial charge in [-0.1, -0.05) is 0 Å². The highest BCUT2D eigenvalue weighted by molar-refractivity contribution is 5.86. The highest BCUT2D eigenvalue weighted by atomic mass is 16.3. The summed E-state index contributed by atoms with van der Waals surface area (Å²) in [6.45, 7) is 0. The molecule has 0 aliphatic carbocycles. The third-order valence-corrected chi connectivity index (χ3v) is 2.73. The maximum atomic E-state index is 12.3. The van der Waals surface area contributed by atoms with Gasteiger partial charge in [0.05, 0.1) is 5.48 Å². The first-order valence-electron chi connectivity index (χ1n) is 7.66. The van der Waals surface area contributed by atoms with Crippen molar-refractivity contribution in [2.75, 3.05) is 0 Å². The monoisotopic (exact) mass is 290 g/mol. The molecule has 0 aliphatic heterocycles. The van der Waals surface area contributed by atoms with Crippen molar-refractivity contribution in [1.29, 1.82) is 0 Å². The van der Waals surface area contributed by atoms with E-state index >= 15 is 0 Å². The second kappa shape index (κ2) is 4.45. The number of hydrogen-bond donors (Lipinski definition) is 4. The first-order chi connectivity index (χ1) is 11.6. The van der Waals surface area contributed by atoms with Crippen molar-refractivity contribution in [3.8, 4) is 34.3 Å². The summed E-state index contributed by atoms with van der Waals surface area (Å²) in [7, 11) is 0. The molecule has 0 bridgehead atoms. The average Bonchev–Trinajstić information content (AvgIpc) is 2.55. The molecule has 0 amide bonds. The molecule has 106 valence electrons. The van der Waals surface area contributed by atoms with E-state index in [0.29, 0.717) is 0 Å². The first-order valence-corrected chi connectivity index (χ1v) is 5.66. The Morgan fingerprint density at radius 1 is 0.952 bits per heavy atom. The number of fused-ring (bicyclic) bond motifs is 1. The van der Waals surface area contributed by atoms with Crippen LogP contribution in [-0.4, -0.2) is 20.4 Å². The van der Waals surface area contributed by atoms with Crippen LogP contribution >= 0.6 is 0 Å². The molecule has 21 heavy (non-hydrogen) atoms. The third kappa shape index (κ3) is 2.12. The number of phenolic OH excluding ortho intramolecular Hbond substituents is 4. The van der Waals surface area contributed by atoms with Gasteiger partial charge in [0.25, 0.3) is 0 Å². The Kier molecular flexibility index (Phi) is 1.89. The molecule has 0 fully saturated rings. The summed E-state index contributed by atoms with van der Waals surface area (Å²) in [6.07, 6.45) is 0. The van der Waals surface area contributed by atoms with Crippen LogP contribution in [0.25, 0.3) is 22.3 Å². The van der Waals surface area contributed by atoms with Crippen molar-refractivity contribution in [2.45, 2.75) is 0 Å². The van der Waals surface area contributed by atoms with Crippen LogP contribution in [0.5, 0.6) is 23.0 Å². The van der Waals surface area contributed by atoms with E-state index < -0.39 is 63.9 Å². The summed E-state index contributed by atoms with van der Waals surface area (Å²) in [5, 5.41) is 38.2. The summed E-state index contributed by atoms with van der Waals surface area (Å²) >= 11 is 0. The normalized spacial score (nSPS) is 13.5. The van der Waals surface area contributed by atoms with E-state index in [9.17, 15) is 25.2 Å². The molecule has 2 aromatic carbocycles. The second-order valence-electron chi connectivity index (χ2n) is 4.17. The summed E-state index contributed by atoms with van der Waals surface area (Å²) in [5.41, 5.74) is -1.86. The zero-order valence-corrected chi connectivity index (χ0v) is 10.3. The Morgan fingerprint density at radius 3 is 2.48 bits per heavy atom. The van der Waals surface area contributed by atoms with Crippen LogP contribution < -0.4 is 5.43 Å². The smallest absolute Gasteiger partial charge is 0.197 e. The van der Waals surface area contributed by atoms with Crippen molar-refractivity contribution in [1.82, 2.24) is 0 Å². The van der Waals surface area contributed by atoms with Gasteiger partial charge in [0.1, 0.15) is 28.2 Å². The minimum absolute atomic E-state index is 0.314. The largest absolute Gasteiger partial charge is 0.508 e. The maximum Gasteiger partial charge on any atom is 0.197 e. The van der Waals surface area contributed by atoms with Gasteiger partial charge in [0.15, 0.2) is 16.9 Å². The van der Waals surface area contributed by atoms with E-state index in [1.807, 2.05) is 0 Å². The zero-order valence-electron chi connectivity index (χ0n) is 14.3. The number of hydrogen-bond acceptors (Lipinski definition) is 6. The summed E-state index contributed by atoms with van der Waals surface area (Å²) < 4.78 is 36.5. The van der Waals surface area contributed by atoms with Gasteiger partial charge in [0, 0.05) is 23.7 Å². The molecule has 3 rings (SSSR count). The first kappa shape index (κ1) is 8.91. The topological polar surface area (TPSA) is 111 Å². The highest BCUT2D eigenvalue weighted by Gasteiger charge is 2.13. The molecule has 0 unspecified atom stereocenters. The molecule has 0 aliphatic rings. The predicted octanol–water partition coefficient (Wildman–Crippen LogP) is 2.28. The molecule has 1 aromatic heterocycles. The molecular weight excluding hydrogens is 276 g/mol. The lowest BCUT2D eigenvalue weighted by Crippen LogP contribution is -2.00. The van der Waals surface area contributed by atoms with E-state index in [1.54, 1.807) is 0 Å². The van der Waals surface area contributed by atoms with Gasteiger partial charge in [0.2, 0.25) is 0 Å².